The van der Waals surface area contributed by atoms with E-state index in [1.54, 1.807) is 13.2 Å². The normalized spacial score (nSPS) is 28.6. The summed E-state index contributed by atoms with van der Waals surface area (Å²) in [5.74, 6) is 1.35. The fourth-order valence-corrected chi connectivity index (χ4v) is 3.18. The quantitative estimate of drug-likeness (QED) is 0.632. The molecule has 0 heterocycles. The second kappa shape index (κ2) is 8.05. The number of rotatable bonds is 5. The smallest absolute Gasteiger partial charge is 0.130 e. The van der Waals surface area contributed by atoms with Gasteiger partial charge in [-0.05, 0) is 29.3 Å². The third kappa shape index (κ3) is 3.99. The summed E-state index contributed by atoms with van der Waals surface area (Å²) in [6.45, 7) is 0. The molecule has 0 saturated heterocycles. The molecule has 1 fully saturated rings. The van der Waals surface area contributed by atoms with Crippen LogP contribution in [-0.2, 0) is 6.42 Å². The van der Waals surface area contributed by atoms with E-state index in [0.29, 0.717) is 12.2 Å². The SMILES string of the molecule is COc1ccc(Cc2ccccc2O[C@@H]2C[C@H](O)[C@@H](O)[C@H](O)[C@H]2O)cc1. The number of aliphatic hydroxyl groups excluding tert-OH is 4. The maximum atomic E-state index is 10.2. The van der Waals surface area contributed by atoms with E-state index in [1.165, 1.54) is 0 Å². The van der Waals surface area contributed by atoms with Crippen molar-refractivity contribution in [1.82, 2.24) is 0 Å². The van der Waals surface area contributed by atoms with Crippen LogP contribution in [0.3, 0.4) is 0 Å². The zero-order chi connectivity index (χ0) is 18.7. The molecule has 2 aromatic carbocycles. The largest absolute Gasteiger partial charge is 0.497 e. The van der Waals surface area contributed by atoms with Crippen molar-refractivity contribution in [2.75, 3.05) is 7.11 Å². The van der Waals surface area contributed by atoms with Crippen LogP contribution in [0.1, 0.15) is 17.5 Å². The van der Waals surface area contributed by atoms with Crippen molar-refractivity contribution in [1.29, 1.82) is 0 Å². The second-order valence-corrected chi connectivity index (χ2v) is 6.56. The first-order valence-electron chi connectivity index (χ1n) is 8.59. The predicted molar refractivity (Wildman–Crippen MR) is 95.3 cm³/mol. The average molecular weight is 360 g/mol. The number of aliphatic hydroxyl groups is 4. The zero-order valence-electron chi connectivity index (χ0n) is 14.5. The van der Waals surface area contributed by atoms with Crippen molar-refractivity contribution in [2.24, 2.45) is 0 Å². The molecule has 2 aromatic rings. The van der Waals surface area contributed by atoms with Gasteiger partial charge >= 0.3 is 0 Å². The van der Waals surface area contributed by atoms with E-state index < -0.39 is 30.5 Å². The van der Waals surface area contributed by atoms with Crippen molar-refractivity contribution >= 4 is 0 Å². The minimum absolute atomic E-state index is 0.0380. The molecular formula is C20H24O6. The Morgan fingerprint density at radius 1 is 0.885 bits per heavy atom. The van der Waals surface area contributed by atoms with E-state index in [1.807, 2.05) is 42.5 Å². The lowest BCUT2D eigenvalue weighted by Crippen LogP contribution is -2.57. The zero-order valence-corrected chi connectivity index (χ0v) is 14.5. The number of hydrogen-bond acceptors (Lipinski definition) is 6. The molecule has 0 radical (unpaired) electrons. The van der Waals surface area contributed by atoms with Crippen molar-refractivity contribution < 1.29 is 29.9 Å². The summed E-state index contributed by atoms with van der Waals surface area (Å²) in [5.41, 5.74) is 1.99. The third-order valence-corrected chi connectivity index (χ3v) is 4.75. The minimum Gasteiger partial charge on any atom is -0.497 e. The molecule has 5 atom stereocenters. The van der Waals surface area contributed by atoms with E-state index in [-0.39, 0.29) is 6.42 Å². The van der Waals surface area contributed by atoms with Crippen LogP contribution < -0.4 is 9.47 Å². The topological polar surface area (TPSA) is 99.4 Å². The lowest BCUT2D eigenvalue weighted by atomic mass is 9.87. The summed E-state index contributed by atoms with van der Waals surface area (Å²) in [5, 5.41) is 39.6. The van der Waals surface area contributed by atoms with Crippen molar-refractivity contribution in [2.45, 2.75) is 43.4 Å². The molecule has 0 spiro atoms. The molecule has 0 aliphatic heterocycles. The molecule has 1 saturated carbocycles. The Hall–Kier alpha value is -2.12. The van der Waals surface area contributed by atoms with Gasteiger partial charge in [-0.3, -0.25) is 0 Å². The molecule has 1 aliphatic rings. The van der Waals surface area contributed by atoms with Gasteiger partial charge in [-0.25, -0.2) is 0 Å². The lowest BCUT2D eigenvalue weighted by molar-refractivity contribution is -0.170. The van der Waals surface area contributed by atoms with Crippen LogP contribution in [0.2, 0.25) is 0 Å². The van der Waals surface area contributed by atoms with Gasteiger partial charge in [-0.1, -0.05) is 30.3 Å². The summed E-state index contributed by atoms with van der Waals surface area (Å²) >= 11 is 0. The monoisotopic (exact) mass is 360 g/mol. The average Bonchev–Trinajstić information content (AvgIpc) is 2.66. The van der Waals surface area contributed by atoms with Gasteiger partial charge in [0.1, 0.15) is 35.9 Å². The molecule has 3 rings (SSSR count). The first-order chi connectivity index (χ1) is 12.5. The van der Waals surface area contributed by atoms with Crippen LogP contribution in [0.15, 0.2) is 48.5 Å². The molecule has 6 heteroatoms. The Kier molecular flexibility index (Phi) is 5.78. The Bertz CT molecular complexity index is 716. The van der Waals surface area contributed by atoms with Gasteiger partial charge in [0.05, 0.1) is 13.2 Å². The third-order valence-electron chi connectivity index (χ3n) is 4.75. The van der Waals surface area contributed by atoms with E-state index in [0.717, 1.165) is 16.9 Å². The number of ether oxygens (including phenoxy) is 2. The number of para-hydroxylation sites is 1. The first-order valence-corrected chi connectivity index (χ1v) is 8.59. The van der Waals surface area contributed by atoms with Gasteiger partial charge in [-0.2, -0.15) is 0 Å². The Morgan fingerprint density at radius 2 is 1.58 bits per heavy atom. The molecule has 6 nitrogen and oxygen atoms in total. The van der Waals surface area contributed by atoms with Gasteiger partial charge in [0.15, 0.2) is 0 Å². The standard InChI is InChI=1S/C20H24O6/c1-25-14-8-6-12(7-9-14)10-13-4-2-3-5-16(13)26-17-11-15(21)18(22)20(24)19(17)23/h2-9,15,17-24H,10-11H2,1H3/t15-,17+,18+,19-,20-/m0/s1. The van der Waals surface area contributed by atoms with Gasteiger partial charge in [0, 0.05) is 12.8 Å². The van der Waals surface area contributed by atoms with Crippen LogP contribution in [0.5, 0.6) is 11.5 Å². The second-order valence-electron chi connectivity index (χ2n) is 6.56. The van der Waals surface area contributed by atoms with E-state index >= 15 is 0 Å². The van der Waals surface area contributed by atoms with E-state index in [2.05, 4.69) is 0 Å². The molecule has 0 amide bonds. The van der Waals surface area contributed by atoms with Crippen LogP contribution in [-0.4, -0.2) is 58.1 Å². The Balaban J connectivity index is 1.76. The highest BCUT2D eigenvalue weighted by Crippen LogP contribution is 2.29. The van der Waals surface area contributed by atoms with E-state index in [4.69, 9.17) is 9.47 Å². The first kappa shape index (κ1) is 18.7. The number of methoxy groups -OCH3 is 1. The molecule has 1 aliphatic carbocycles. The van der Waals surface area contributed by atoms with E-state index in [9.17, 15) is 20.4 Å². The summed E-state index contributed by atoms with van der Waals surface area (Å²) in [6, 6.07) is 15.1. The molecule has 140 valence electrons. The maximum Gasteiger partial charge on any atom is 0.130 e. The van der Waals surface area contributed by atoms with Gasteiger partial charge in [0.2, 0.25) is 0 Å². The van der Waals surface area contributed by atoms with Crippen LogP contribution in [0.25, 0.3) is 0 Å². The fourth-order valence-electron chi connectivity index (χ4n) is 3.18. The van der Waals surface area contributed by atoms with Gasteiger partial charge in [-0.15, -0.1) is 0 Å². The molecule has 0 aromatic heterocycles. The lowest BCUT2D eigenvalue weighted by Gasteiger charge is -2.38. The molecule has 4 N–H and O–H groups in total. The van der Waals surface area contributed by atoms with Crippen molar-refractivity contribution in [3.8, 4) is 11.5 Å². The highest BCUT2D eigenvalue weighted by molar-refractivity contribution is 5.39. The number of benzene rings is 2. The van der Waals surface area contributed by atoms with Crippen LogP contribution >= 0.6 is 0 Å². The Labute approximate surface area is 152 Å². The summed E-state index contributed by atoms with van der Waals surface area (Å²) in [4.78, 5) is 0. The molecule has 0 unspecified atom stereocenters. The molecule has 26 heavy (non-hydrogen) atoms. The van der Waals surface area contributed by atoms with Crippen molar-refractivity contribution in [3.63, 3.8) is 0 Å². The summed E-state index contributed by atoms with van der Waals surface area (Å²) in [7, 11) is 1.62. The maximum absolute atomic E-state index is 10.2. The highest BCUT2D eigenvalue weighted by Gasteiger charge is 2.43. The molecule has 0 bridgehead atoms. The Morgan fingerprint density at radius 3 is 2.27 bits per heavy atom. The summed E-state index contributed by atoms with van der Waals surface area (Å²) in [6.07, 6.45) is -5.39. The predicted octanol–water partition coefficient (Wildman–Crippen LogP) is 0.881. The van der Waals surface area contributed by atoms with Crippen LogP contribution in [0.4, 0.5) is 0 Å². The van der Waals surface area contributed by atoms with Gasteiger partial charge < -0.3 is 29.9 Å². The summed E-state index contributed by atoms with van der Waals surface area (Å²) < 4.78 is 11.1. The highest BCUT2D eigenvalue weighted by atomic mass is 16.5. The fraction of sp³-hybridized carbons (Fsp3) is 0.400. The molecular weight excluding hydrogens is 336 g/mol. The van der Waals surface area contributed by atoms with Crippen molar-refractivity contribution in [3.05, 3.63) is 59.7 Å². The van der Waals surface area contributed by atoms with Crippen LogP contribution in [0, 0.1) is 0 Å². The van der Waals surface area contributed by atoms with Gasteiger partial charge in [0.25, 0.3) is 0 Å². The number of hydrogen-bond donors (Lipinski definition) is 4. The minimum atomic E-state index is -1.45.